The molecular weight excluding hydrogens is 235 g/mol. The highest BCUT2D eigenvalue weighted by Gasteiger charge is 2.23. The quantitative estimate of drug-likeness (QED) is 0.895. The molecule has 1 fully saturated rings. The minimum absolute atomic E-state index is 0.0730. The summed E-state index contributed by atoms with van der Waals surface area (Å²) in [5, 5.41) is 9.01. The average Bonchev–Trinajstić information content (AvgIpc) is 2.34. The van der Waals surface area contributed by atoms with Gasteiger partial charge in [0.25, 0.3) is 0 Å². The smallest absolute Gasteiger partial charge is 0.339 e. The van der Waals surface area contributed by atoms with Crippen LogP contribution in [0.2, 0.25) is 0 Å². The molecule has 0 aliphatic heterocycles. The summed E-state index contributed by atoms with van der Waals surface area (Å²) < 4.78 is 19.2. The number of aromatic carboxylic acids is 1. The average molecular weight is 252 g/mol. The maximum absolute atomic E-state index is 13.7. The fraction of sp³-hybridized carbons (Fsp3) is 0.500. The Hall–Kier alpha value is -1.58. The van der Waals surface area contributed by atoms with Crippen LogP contribution >= 0.6 is 0 Å². The molecule has 0 spiro atoms. The molecular formula is C14H17FO3. The molecule has 1 aromatic rings. The Morgan fingerprint density at radius 3 is 2.61 bits per heavy atom. The Morgan fingerprint density at radius 2 is 2.00 bits per heavy atom. The van der Waals surface area contributed by atoms with E-state index >= 15 is 0 Å². The highest BCUT2D eigenvalue weighted by atomic mass is 19.1. The van der Waals surface area contributed by atoms with E-state index in [4.69, 9.17) is 9.84 Å². The Balaban J connectivity index is 2.15. The molecule has 18 heavy (non-hydrogen) atoms. The van der Waals surface area contributed by atoms with Crippen LogP contribution in [0.5, 0.6) is 5.75 Å². The minimum Gasteiger partial charge on any atom is -0.486 e. The van der Waals surface area contributed by atoms with Crippen molar-refractivity contribution in [3.8, 4) is 5.75 Å². The van der Waals surface area contributed by atoms with Gasteiger partial charge < -0.3 is 9.84 Å². The van der Waals surface area contributed by atoms with Crippen molar-refractivity contribution in [2.75, 3.05) is 0 Å². The lowest BCUT2D eigenvalue weighted by atomic mass is 9.89. The van der Waals surface area contributed by atoms with E-state index < -0.39 is 11.8 Å². The maximum Gasteiger partial charge on any atom is 0.339 e. The zero-order valence-corrected chi connectivity index (χ0v) is 10.4. The number of hydrogen-bond acceptors (Lipinski definition) is 2. The SMILES string of the molecule is CC1CCC(Oc2c(F)cccc2C(=O)O)CC1. The topological polar surface area (TPSA) is 46.5 Å². The number of carboxylic acids is 1. The molecule has 0 aromatic heterocycles. The number of ether oxygens (including phenoxy) is 1. The summed E-state index contributed by atoms with van der Waals surface area (Å²) in [5.74, 6) is -1.21. The third-order valence-corrected chi connectivity index (χ3v) is 3.44. The third-order valence-electron chi connectivity index (χ3n) is 3.44. The van der Waals surface area contributed by atoms with Crippen LogP contribution in [0.3, 0.4) is 0 Å². The normalized spacial score (nSPS) is 23.7. The van der Waals surface area contributed by atoms with E-state index in [-0.39, 0.29) is 17.4 Å². The van der Waals surface area contributed by atoms with E-state index in [9.17, 15) is 9.18 Å². The van der Waals surface area contributed by atoms with Crippen molar-refractivity contribution in [3.63, 3.8) is 0 Å². The van der Waals surface area contributed by atoms with Crippen molar-refractivity contribution >= 4 is 5.97 Å². The second kappa shape index (κ2) is 5.38. The molecule has 0 amide bonds. The van der Waals surface area contributed by atoms with Gasteiger partial charge in [-0.2, -0.15) is 0 Å². The fourth-order valence-corrected chi connectivity index (χ4v) is 2.31. The van der Waals surface area contributed by atoms with Crippen molar-refractivity contribution in [2.45, 2.75) is 38.7 Å². The van der Waals surface area contributed by atoms with Crippen LogP contribution in [0.1, 0.15) is 43.0 Å². The predicted molar refractivity (Wildman–Crippen MR) is 65.4 cm³/mol. The highest BCUT2D eigenvalue weighted by molar-refractivity contribution is 5.90. The molecule has 3 nitrogen and oxygen atoms in total. The van der Waals surface area contributed by atoms with E-state index in [1.807, 2.05) is 0 Å². The van der Waals surface area contributed by atoms with Gasteiger partial charge in [-0.05, 0) is 43.7 Å². The predicted octanol–water partition coefficient (Wildman–Crippen LogP) is 3.48. The van der Waals surface area contributed by atoms with E-state index in [0.29, 0.717) is 5.92 Å². The van der Waals surface area contributed by atoms with Gasteiger partial charge in [0.1, 0.15) is 5.56 Å². The summed E-state index contributed by atoms with van der Waals surface area (Å²) in [6.07, 6.45) is 3.72. The molecule has 1 aliphatic carbocycles. The van der Waals surface area contributed by atoms with Gasteiger partial charge in [-0.25, -0.2) is 9.18 Å². The van der Waals surface area contributed by atoms with E-state index in [1.165, 1.54) is 18.2 Å². The first-order chi connectivity index (χ1) is 8.58. The maximum atomic E-state index is 13.7. The lowest BCUT2D eigenvalue weighted by Gasteiger charge is -2.27. The first kappa shape index (κ1) is 12.9. The van der Waals surface area contributed by atoms with Crippen molar-refractivity contribution in [3.05, 3.63) is 29.6 Å². The lowest BCUT2D eigenvalue weighted by Crippen LogP contribution is -2.24. The van der Waals surface area contributed by atoms with Crippen LogP contribution in [0.15, 0.2) is 18.2 Å². The first-order valence-corrected chi connectivity index (χ1v) is 6.26. The van der Waals surface area contributed by atoms with Gasteiger partial charge in [-0.3, -0.25) is 0 Å². The highest BCUT2D eigenvalue weighted by Crippen LogP contribution is 2.30. The number of benzene rings is 1. The molecule has 1 aromatic carbocycles. The molecule has 2 rings (SSSR count). The van der Waals surface area contributed by atoms with Crippen LogP contribution < -0.4 is 4.74 Å². The molecule has 1 N–H and O–H groups in total. The molecule has 0 unspecified atom stereocenters. The Bertz CT molecular complexity index is 437. The molecule has 98 valence electrons. The zero-order valence-electron chi connectivity index (χ0n) is 10.4. The molecule has 1 saturated carbocycles. The van der Waals surface area contributed by atoms with Crippen molar-refractivity contribution in [1.82, 2.24) is 0 Å². The van der Waals surface area contributed by atoms with Gasteiger partial charge in [0, 0.05) is 0 Å². The molecule has 0 radical (unpaired) electrons. The monoisotopic (exact) mass is 252 g/mol. The Labute approximate surface area is 106 Å². The van der Waals surface area contributed by atoms with Crippen molar-refractivity contribution in [2.24, 2.45) is 5.92 Å². The Kier molecular flexibility index (Phi) is 3.84. The summed E-state index contributed by atoms with van der Waals surface area (Å²) in [6.45, 7) is 2.18. The largest absolute Gasteiger partial charge is 0.486 e. The van der Waals surface area contributed by atoms with Gasteiger partial charge in [-0.15, -0.1) is 0 Å². The molecule has 0 saturated heterocycles. The first-order valence-electron chi connectivity index (χ1n) is 6.26. The molecule has 0 heterocycles. The zero-order chi connectivity index (χ0) is 13.1. The third kappa shape index (κ3) is 2.81. The summed E-state index contributed by atoms with van der Waals surface area (Å²) in [4.78, 5) is 11.0. The number of carbonyl (C=O) groups is 1. The number of rotatable bonds is 3. The summed E-state index contributed by atoms with van der Waals surface area (Å²) in [5.41, 5.74) is -0.103. The molecule has 1 aliphatic rings. The van der Waals surface area contributed by atoms with Crippen LogP contribution in [0.25, 0.3) is 0 Å². The number of para-hydroxylation sites is 1. The molecule has 0 atom stereocenters. The summed E-state index contributed by atoms with van der Waals surface area (Å²) >= 11 is 0. The van der Waals surface area contributed by atoms with Crippen LogP contribution in [0, 0.1) is 11.7 Å². The second-order valence-corrected chi connectivity index (χ2v) is 4.92. The van der Waals surface area contributed by atoms with E-state index in [0.717, 1.165) is 25.7 Å². The van der Waals surface area contributed by atoms with Gasteiger partial charge in [0.05, 0.1) is 6.10 Å². The Morgan fingerprint density at radius 1 is 1.33 bits per heavy atom. The summed E-state index contributed by atoms with van der Waals surface area (Å²) in [7, 11) is 0. The van der Waals surface area contributed by atoms with Crippen LogP contribution in [0.4, 0.5) is 4.39 Å². The van der Waals surface area contributed by atoms with Crippen LogP contribution in [-0.2, 0) is 0 Å². The molecule has 4 heteroatoms. The van der Waals surface area contributed by atoms with Gasteiger partial charge >= 0.3 is 5.97 Å². The van der Waals surface area contributed by atoms with E-state index in [2.05, 4.69) is 6.92 Å². The number of halogens is 1. The second-order valence-electron chi connectivity index (χ2n) is 4.92. The van der Waals surface area contributed by atoms with Crippen molar-refractivity contribution < 1.29 is 19.0 Å². The summed E-state index contributed by atoms with van der Waals surface area (Å²) in [6, 6.07) is 3.98. The number of carboxylic acid groups (broad SMARTS) is 1. The molecule has 0 bridgehead atoms. The van der Waals surface area contributed by atoms with Crippen LogP contribution in [-0.4, -0.2) is 17.2 Å². The standard InChI is InChI=1S/C14H17FO3/c1-9-5-7-10(8-6-9)18-13-11(14(16)17)3-2-4-12(13)15/h2-4,9-10H,5-8H2,1H3,(H,16,17). The van der Waals surface area contributed by atoms with Crippen molar-refractivity contribution in [1.29, 1.82) is 0 Å². The fourth-order valence-electron chi connectivity index (χ4n) is 2.31. The minimum atomic E-state index is -1.16. The van der Waals surface area contributed by atoms with Gasteiger partial charge in [-0.1, -0.05) is 13.0 Å². The van der Waals surface area contributed by atoms with Gasteiger partial charge in [0.2, 0.25) is 0 Å². The van der Waals surface area contributed by atoms with Gasteiger partial charge in [0.15, 0.2) is 11.6 Å². The van der Waals surface area contributed by atoms with E-state index in [1.54, 1.807) is 0 Å². The lowest BCUT2D eigenvalue weighted by molar-refractivity contribution is 0.0681. The number of hydrogen-bond donors (Lipinski definition) is 1.